The third-order valence-electron chi connectivity index (χ3n) is 2.34. The third kappa shape index (κ3) is 2.27. The quantitative estimate of drug-likeness (QED) is 0.824. The van der Waals surface area contributed by atoms with Crippen LogP contribution in [0.2, 0.25) is 0 Å². The van der Waals surface area contributed by atoms with Crippen molar-refractivity contribution < 1.29 is 9.63 Å². The van der Waals surface area contributed by atoms with Gasteiger partial charge in [0, 0.05) is 6.42 Å². The summed E-state index contributed by atoms with van der Waals surface area (Å²) in [5, 5.41) is 13.0. The van der Waals surface area contributed by atoms with Crippen LogP contribution >= 0.6 is 11.8 Å². The summed E-state index contributed by atoms with van der Waals surface area (Å²) < 4.78 is 4.92. The van der Waals surface area contributed by atoms with Crippen molar-refractivity contribution in [2.24, 2.45) is 5.92 Å². The molecule has 2 unspecified atom stereocenters. The molecule has 1 fully saturated rings. The van der Waals surface area contributed by atoms with Gasteiger partial charge in [-0.3, -0.25) is 0 Å². The van der Waals surface area contributed by atoms with Crippen LogP contribution in [-0.2, 0) is 6.42 Å². The van der Waals surface area contributed by atoms with Crippen molar-refractivity contribution in [2.45, 2.75) is 25.9 Å². The number of hydrogen-bond donors (Lipinski definition) is 1. The van der Waals surface area contributed by atoms with E-state index in [0.717, 1.165) is 12.2 Å². The van der Waals surface area contributed by atoms with E-state index in [2.05, 4.69) is 10.1 Å². The highest BCUT2D eigenvalue weighted by Crippen LogP contribution is 2.26. The van der Waals surface area contributed by atoms with Gasteiger partial charge in [0.05, 0.1) is 0 Å². The predicted molar refractivity (Wildman–Crippen MR) is 54.1 cm³/mol. The number of aromatic nitrogens is 2. The molecule has 1 aliphatic heterocycles. The van der Waals surface area contributed by atoms with Crippen LogP contribution in [0.4, 0.5) is 0 Å². The first kappa shape index (κ1) is 9.98. The lowest BCUT2D eigenvalue weighted by molar-refractivity contribution is 0.151. The van der Waals surface area contributed by atoms with Gasteiger partial charge in [0.1, 0.15) is 6.10 Å². The first-order chi connectivity index (χ1) is 6.75. The zero-order valence-electron chi connectivity index (χ0n) is 8.14. The van der Waals surface area contributed by atoms with Gasteiger partial charge in [-0.1, -0.05) is 5.16 Å². The molecule has 14 heavy (non-hydrogen) atoms. The smallest absolute Gasteiger partial charge is 0.255 e. The topological polar surface area (TPSA) is 59.2 Å². The molecule has 0 spiro atoms. The summed E-state index contributed by atoms with van der Waals surface area (Å²) in [7, 11) is 0. The van der Waals surface area contributed by atoms with Crippen LogP contribution in [0.1, 0.15) is 31.2 Å². The fraction of sp³-hybridized carbons (Fsp3) is 0.778. The molecule has 2 rings (SSSR count). The Balaban J connectivity index is 1.95. The minimum atomic E-state index is -0.658. The van der Waals surface area contributed by atoms with E-state index in [1.54, 1.807) is 6.92 Å². The summed E-state index contributed by atoms with van der Waals surface area (Å²) in [6, 6.07) is 0. The average Bonchev–Trinajstić information content (AvgIpc) is 2.75. The second-order valence-electron chi connectivity index (χ2n) is 3.66. The van der Waals surface area contributed by atoms with Gasteiger partial charge < -0.3 is 9.63 Å². The number of aliphatic hydroxyl groups excluding tert-OH is 1. The fourth-order valence-electron chi connectivity index (χ4n) is 1.52. The van der Waals surface area contributed by atoms with E-state index < -0.39 is 6.10 Å². The van der Waals surface area contributed by atoms with E-state index in [1.807, 2.05) is 11.8 Å². The lowest BCUT2D eigenvalue weighted by Gasteiger charge is -2.01. The summed E-state index contributed by atoms with van der Waals surface area (Å²) in [4.78, 5) is 4.14. The van der Waals surface area contributed by atoms with Crippen LogP contribution in [0, 0.1) is 5.92 Å². The average molecular weight is 214 g/mol. The summed E-state index contributed by atoms with van der Waals surface area (Å²) in [5.41, 5.74) is 0. The van der Waals surface area contributed by atoms with Gasteiger partial charge in [-0.15, -0.1) is 0 Å². The highest BCUT2D eigenvalue weighted by molar-refractivity contribution is 7.99. The number of nitrogens with zero attached hydrogens (tertiary/aromatic N) is 2. The number of thioether (sulfide) groups is 1. The molecule has 1 aliphatic rings. The Kier molecular flexibility index (Phi) is 3.08. The van der Waals surface area contributed by atoms with Crippen molar-refractivity contribution in [2.75, 3.05) is 11.5 Å². The Hall–Kier alpha value is -0.550. The molecule has 5 heteroatoms. The van der Waals surface area contributed by atoms with Crippen LogP contribution < -0.4 is 0 Å². The molecule has 2 atom stereocenters. The minimum absolute atomic E-state index is 0.325. The molecule has 0 radical (unpaired) electrons. The molecule has 1 saturated heterocycles. The first-order valence-electron chi connectivity index (χ1n) is 4.84. The summed E-state index contributed by atoms with van der Waals surface area (Å²) in [5.74, 6) is 4.17. The van der Waals surface area contributed by atoms with E-state index in [0.29, 0.717) is 11.8 Å². The highest BCUT2D eigenvalue weighted by atomic mass is 32.2. The maximum absolute atomic E-state index is 9.20. The van der Waals surface area contributed by atoms with Gasteiger partial charge in [-0.25, -0.2) is 0 Å². The van der Waals surface area contributed by atoms with Crippen molar-refractivity contribution >= 4 is 11.8 Å². The molecule has 0 saturated carbocycles. The van der Waals surface area contributed by atoms with Gasteiger partial charge in [0.25, 0.3) is 5.89 Å². The second-order valence-corrected chi connectivity index (χ2v) is 4.81. The van der Waals surface area contributed by atoms with Gasteiger partial charge >= 0.3 is 0 Å². The molecule has 4 nitrogen and oxygen atoms in total. The van der Waals surface area contributed by atoms with Crippen molar-refractivity contribution in [1.82, 2.24) is 10.1 Å². The van der Waals surface area contributed by atoms with Gasteiger partial charge in [0.15, 0.2) is 5.82 Å². The maximum Gasteiger partial charge on any atom is 0.255 e. The van der Waals surface area contributed by atoms with E-state index in [-0.39, 0.29) is 0 Å². The van der Waals surface area contributed by atoms with E-state index in [9.17, 15) is 5.11 Å². The zero-order chi connectivity index (χ0) is 9.97. The van der Waals surface area contributed by atoms with Gasteiger partial charge in [0.2, 0.25) is 0 Å². The minimum Gasteiger partial charge on any atom is -0.384 e. The summed E-state index contributed by atoms with van der Waals surface area (Å²) in [6.45, 7) is 1.63. The Bertz CT molecular complexity index is 295. The Morgan fingerprint density at radius 3 is 3.14 bits per heavy atom. The molecule has 2 heterocycles. The molecule has 0 amide bonds. The third-order valence-corrected chi connectivity index (χ3v) is 3.57. The van der Waals surface area contributed by atoms with Crippen molar-refractivity contribution in [3.8, 4) is 0 Å². The van der Waals surface area contributed by atoms with Crippen LogP contribution in [0.25, 0.3) is 0 Å². The van der Waals surface area contributed by atoms with E-state index >= 15 is 0 Å². The van der Waals surface area contributed by atoms with Crippen molar-refractivity contribution in [1.29, 1.82) is 0 Å². The predicted octanol–water partition coefficient (Wildman–Crippen LogP) is 1.42. The molecule has 0 aromatic carbocycles. The second kappa shape index (κ2) is 4.31. The highest BCUT2D eigenvalue weighted by Gasteiger charge is 2.19. The zero-order valence-corrected chi connectivity index (χ0v) is 8.96. The summed E-state index contributed by atoms with van der Waals surface area (Å²) >= 11 is 1.98. The molecule has 78 valence electrons. The largest absolute Gasteiger partial charge is 0.384 e. The SMILES string of the molecule is CC(O)c1nc(CC2CCSC2)no1. The number of hydrogen-bond acceptors (Lipinski definition) is 5. The normalized spacial score (nSPS) is 24.0. The Morgan fingerprint density at radius 1 is 1.71 bits per heavy atom. The van der Waals surface area contributed by atoms with Crippen LogP contribution in [-0.4, -0.2) is 26.8 Å². The van der Waals surface area contributed by atoms with E-state index in [4.69, 9.17) is 4.52 Å². The molecule has 0 bridgehead atoms. The molecule has 1 aromatic heterocycles. The Labute approximate surface area is 87.1 Å². The molecular formula is C9H14N2O2S. The van der Waals surface area contributed by atoms with Gasteiger partial charge in [-0.05, 0) is 30.8 Å². The van der Waals surface area contributed by atoms with Gasteiger partial charge in [-0.2, -0.15) is 16.7 Å². The number of rotatable bonds is 3. The molecule has 0 aliphatic carbocycles. The fourth-order valence-corrected chi connectivity index (χ4v) is 2.81. The van der Waals surface area contributed by atoms with Crippen molar-refractivity contribution in [3.05, 3.63) is 11.7 Å². The first-order valence-corrected chi connectivity index (χ1v) is 5.99. The standard InChI is InChI=1S/C9H14N2O2S/c1-6(12)9-10-8(11-13-9)4-7-2-3-14-5-7/h6-7,12H,2-5H2,1H3. The monoisotopic (exact) mass is 214 g/mol. The molecular weight excluding hydrogens is 200 g/mol. The lowest BCUT2D eigenvalue weighted by Crippen LogP contribution is -2.04. The van der Waals surface area contributed by atoms with Crippen molar-refractivity contribution in [3.63, 3.8) is 0 Å². The molecule has 1 aromatic rings. The summed E-state index contributed by atoms with van der Waals surface area (Å²) in [6.07, 6.45) is 1.46. The van der Waals surface area contributed by atoms with Crippen LogP contribution in [0.5, 0.6) is 0 Å². The van der Waals surface area contributed by atoms with E-state index in [1.165, 1.54) is 17.9 Å². The molecule has 1 N–H and O–H groups in total. The lowest BCUT2D eigenvalue weighted by atomic mass is 10.1. The maximum atomic E-state index is 9.20. The Morgan fingerprint density at radius 2 is 2.57 bits per heavy atom. The van der Waals surface area contributed by atoms with Crippen LogP contribution in [0.3, 0.4) is 0 Å². The number of aliphatic hydroxyl groups is 1. The van der Waals surface area contributed by atoms with Crippen LogP contribution in [0.15, 0.2) is 4.52 Å².